The van der Waals surface area contributed by atoms with Crippen molar-refractivity contribution < 1.29 is 0 Å². The van der Waals surface area contributed by atoms with Crippen molar-refractivity contribution in [3.63, 3.8) is 0 Å². The van der Waals surface area contributed by atoms with E-state index in [0.717, 1.165) is 24.2 Å². The molecule has 10 aromatic rings. The molecule has 0 aromatic heterocycles. The van der Waals surface area contributed by atoms with Crippen molar-refractivity contribution in [3.05, 3.63) is 228 Å². The molecule has 0 unspecified atom stereocenters. The lowest BCUT2D eigenvalue weighted by atomic mass is 9.83. The first-order valence-corrected chi connectivity index (χ1v) is 20.7. The zero-order chi connectivity index (χ0) is 39.0. The van der Waals surface area contributed by atoms with Crippen LogP contribution in [0.4, 0.5) is 34.1 Å². The van der Waals surface area contributed by atoms with Gasteiger partial charge in [0.15, 0.2) is 0 Å². The standard InChI is InChI=1S/C57H40N2/c1-37-14-12-21-43(32-37)56-48-30-28-45(59-54-26-10-5-18-41(54)34-42-19-6-11-27-55(42)59)36-51(48)57(47-23-13-20-38-15-2-7-22-46(38)47)49-31-29-44(35-50(49)56)58-52-24-8-3-16-39(52)33-40-17-4-9-25-53(40)58/h2-32,35-36H,33-34H2,1H3. The highest BCUT2D eigenvalue weighted by atomic mass is 15.2. The summed E-state index contributed by atoms with van der Waals surface area (Å²) >= 11 is 0. The SMILES string of the molecule is Cc1cccc(-c2c3cc(N4c5ccccc5Cc5ccccc54)ccc3c(-c3cccc4ccccc34)c3cc(N4c5ccccc5Cc5ccccc54)ccc23)c1. The molecule has 59 heavy (non-hydrogen) atoms. The lowest BCUT2D eigenvalue weighted by molar-refractivity contribution is 1.09. The minimum atomic E-state index is 0.925. The van der Waals surface area contributed by atoms with E-state index in [1.165, 1.54) is 105 Å². The fourth-order valence-electron chi connectivity index (χ4n) is 10.1. The fourth-order valence-corrected chi connectivity index (χ4v) is 10.1. The molecule has 0 saturated carbocycles. The zero-order valence-corrected chi connectivity index (χ0v) is 32.9. The first-order chi connectivity index (χ1) is 29.2. The van der Waals surface area contributed by atoms with E-state index in [1.54, 1.807) is 0 Å². The van der Waals surface area contributed by atoms with E-state index in [4.69, 9.17) is 0 Å². The molecule has 2 nitrogen and oxygen atoms in total. The van der Waals surface area contributed by atoms with E-state index in [1.807, 2.05) is 0 Å². The van der Waals surface area contributed by atoms with Gasteiger partial charge in [-0.25, -0.2) is 0 Å². The Morgan fingerprint density at radius 3 is 1.36 bits per heavy atom. The van der Waals surface area contributed by atoms with Crippen LogP contribution in [0.1, 0.15) is 27.8 Å². The van der Waals surface area contributed by atoms with Crippen LogP contribution < -0.4 is 9.80 Å². The Kier molecular flexibility index (Phi) is 7.61. The van der Waals surface area contributed by atoms with Gasteiger partial charge in [0.25, 0.3) is 0 Å². The van der Waals surface area contributed by atoms with Crippen LogP contribution in [0.5, 0.6) is 0 Å². The van der Waals surface area contributed by atoms with Crippen molar-refractivity contribution in [1.29, 1.82) is 0 Å². The Bertz CT molecular complexity index is 3220. The van der Waals surface area contributed by atoms with Crippen LogP contribution in [0.25, 0.3) is 54.6 Å². The van der Waals surface area contributed by atoms with E-state index >= 15 is 0 Å². The molecule has 0 fully saturated rings. The van der Waals surface area contributed by atoms with E-state index in [-0.39, 0.29) is 0 Å². The molecule has 0 spiro atoms. The number of rotatable bonds is 4. The fraction of sp³-hybridized carbons (Fsp3) is 0.0526. The number of aryl methyl sites for hydroxylation is 1. The number of anilines is 6. The number of para-hydroxylation sites is 4. The third-order valence-electron chi connectivity index (χ3n) is 12.7. The van der Waals surface area contributed by atoms with Gasteiger partial charge in [0, 0.05) is 47.0 Å². The maximum absolute atomic E-state index is 2.48. The van der Waals surface area contributed by atoms with Gasteiger partial charge in [-0.05, 0) is 132 Å². The molecule has 2 aliphatic heterocycles. The quantitative estimate of drug-likeness (QED) is 0.165. The molecule has 10 aromatic carbocycles. The van der Waals surface area contributed by atoms with Gasteiger partial charge in [0.05, 0.1) is 0 Å². The van der Waals surface area contributed by atoms with Crippen LogP contribution >= 0.6 is 0 Å². The van der Waals surface area contributed by atoms with E-state index in [0.29, 0.717) is 0 Å². The van der Waals surface area contributed by atoms with Crippen LogP contribution in [-0.4, -0.2) is 0 Å². The van der Waals surface area contributed by atoms with Crippen LogP contribution in [0.15, 0.2) is 200 Å². The average molecular weight is 753 g/mol. The summed E-state index contributed by atoms with van der Waals surface area (Å²) < 4.78 is 0. The molecule has 0 atom stereocenters. The number of nitrogens with zero attached hydrogens (tertiary/aromatic N) is 2. The van der Waals surface area contributed by atoms with E-state index in [2.05, 4.69) is 217 Å². The van der Waals surface area contributed by atoms with Crippen molar-refractivity contribution in [1.82, 2.24) is 0 Å². The van der Waals surface area contributed by atoms with Gasteiger partial charge in [0.2, 0.25) is 0 Å². The Morgan fingerprint density at radius 2 is 0.797 bits per heavy atom. The molecule has 2 heterocycles. The van der Waals surface area contributed by atoms with E-state index < -0.39 is 0 Å². The van der Waals surface area contributed by atoms with Crippen molar-refractivity contribution >= 4 is 66.4 Å². The molecule has 278 valence electrons. The maximum atomic E-state index is 2.48. The topological polar surface area (TPSA) is 6.48 Å². The van der Waals surface area contributed by atoms with Crippen molar-refractivity contribution in [2.24, 2.45) is 0 Å². The Balaban J connectivity index is 1.21. The molecule has 0 saturated heterocycles. The largest absolute Gasteiger partial charge is 0.310 e. The summed E-state index contributed by atoms with van der Waals surface area (Å²) in [7, 11) is 0. The van der Waals surface area contributed by atoms with Crippen LogP contribution in [0, 0.1) is 6.92 Å². The summed E-state index contributed by atoms with van der Waals surface area (Å²) in [5.41, 5.74) is 18.9. The van der Waals surface area contributed by atoms with Crippen molar-refractivity contribution in [3.8, 4) is 22.3 Å². The smallest absolute Gasteiger partial charge is 0.0497 e. The monoisotopic (exact) mass is 752 g/mol. The molecule has 0 bridgehead atoms. The molecule has 2 heteroatoms. The third-order valence-corrected chi connectivity index (χ3v) is 12.7. The summed E-state index contributed by atoms with van der Waals surface area (Å²) in [5.74, 6) is 0. The predicted octanol–water partition coefficient (Wildman–Crippen LogP) is 15.5. The van der Waals surface area contributed by atoms with Gasteiger partial charge < -0.3 is 9.80 Å². The number of hydrogen-bond donors (Lipinski definition) is 0. The van der Waals surface area contributed by atoms with Gasteiger partial charge >= 0.3 is 0 Å². The zero-order valence-electron chi connectivity index (χ0n) is 32.9. The second-order valence-corrected chi connectivity index (χ2v) is 16.1. The molecule has 12 rings (SSSR count). The first-order valence-electron chi connectivity index (χ1n) is 20.7. The third kappa shape index (κ3) is 5.34. The van der Waals surface area contributed by atoms with Gasteiger partial charge in [-0.3, -0.25) is 0 Å². The summed E-state index contributed by atoms with van der Waals surface area (Å²) in [4.78, 5) is 4.95. The van der Waals surface area contributed by atoms with Crippen LogP contribution in [0.2, 0.25) is 0 Å². The van der Waals surface area contributed by atoms with Crippen LogP contribution in [-0.2, 0) is 12.8 Å². The second kappa shape index (κ2) is 13.3. The van der Waals surface area contributed by atoms with Gasteiger partial charge in [0.1, 0.15) is 0 Å². The summed E-state index contributed by atoms with van der Waals surface area (Å²) in [5, 5.41) is 7.45. The van der Waals surface area contributed by atoms with E-state index in [9.17, 15) is 0 Å². The highest BCUT2D eigenvalue weighted by Gasteiger charge is 2.28. The molecule has 0 radical (unpaired) electrons. The molecular weight excluding hydrogens is 713 g/mol. The highest BCUT2D eigenvalue weighted by molar-refractivity contribution is 6.24. The highest BCUT2D eigenvalue weighted by Crippen LogP contribution is 2.51. The number of hydrogen-bond acceptors (Lipinski definition) is 2. The lowest BCUT2D eigenvalue weighted by Crippen LogP contribution is -2.18. The average Bonchev–Trinajstić information content (AvgIpc) is 3.28. The summed E-state index contributed by atoms with van der Waals surface area (Å²) in [6, 6.07) is 74.7. The summed E-state index contributed by atoms with van der Waals surface area (Å²) in [6.07, 6.45) is 1.85. The number of fused-ring (bicyclic) bond motifs is 7. The minimum absolute atomic E-state index is 0.925. The van der Waals surface area contributed by atoms with Crippen molar-refractivity contribution in [2.75, 3.05) is 9.80 Å². The molecule has 0 amide bonds. The number of benzene rings is 10. The predicted molar refractivity (Wildman–Crippen MR) is 250 cm³/mol. The van der Waals surface area contributed by atoms with Crippen LogP contribution in [0.3, 0.4) is 0 Å². The molecule has 0 aliphatic carbocycles. The molecule has 0 N–H and O–H groups in total. The second-order valence-electron chi connectivity index (χ2n) is 16.1. The minimum Gasteiger partial charge on any atom is -0.310 e. The maximum Gasteiger partial charge on any atom is 0.0497 e. The van der Waals surface area contributed by atoms with Gasteiger partial charge in [-0.2, -0.15) is 0 Å². The van der Waals surface area contributed by atoms with Crippen molar-refractivity contribution in [2.45, 2.75) is 19.8 Å². The molecule has 2 aliphatic rings. The van der Waals surface area contributed by atoms with Gasteiger partial charge in [-0.15, -0.1) is 0 Å². The molecular formula is C57H40N2. The summed E-state index contributed by atoms with van der Waals surface area (Å²) in [6.45, 7) is 2.20. The Morgan fingerprint density at radius 1 is 0.339 bits per heavy atom. The lowest BCUT2D eigenvalue weighted by Gasteiger charge is -2.34. The normalized spacial score (nSPS) is 13.0. The Hall–Kier alpha value is -7.42. The van der Waals surface area contributed by atoms with Gasteiger partial charge in [-0.1, -0.05) is 157 Å². The first kappa shape index (κ1) is 33.7. The Labute approximate surface area is 344 Å².